The van der Waals surface area contributed by atoms with E-state index >= 15 is 0 Å². The van der Waals surface area contributed by atoms with Crippen LogP contribution in [0.25, 0.3) is 0 Å². The van der Waals surface area contributed by atoms with Gasteiger partial charge < -0.3 is 5.11 Å². The minimum atomic E-state index is -0.654. The van der Waals surface area contributed by atoms with Crippen LogP contribution >= 0.6 is 15.9 Å². The number of hydrogen-bond acceptors (Lipinski definition) is 2. The van der Waals surface area contributed by atoms with Crippen molar-refractivity contribution >= 4 is 21.9 Å². The third-order valence-electron chi connectivity index (χ3n) is 4.34. The Kier molecular flexibility index (Phi) is 3.63. The topological polar surface area (TPSA) is 40.5 Å². The van der Waals surface area contributed by atoms with E-state index in [-0.39, 0.29) is 6.04 Å². The smallest absolute Gasteiger partial charge is 0.320 e. The first-order valence-corrected chi connectivity index (χ1v) is 7.67. The quantitative estimate of drug-likeness (QED) is 0.925. The van der Waals surface area contributed by atoms with E-state index in [9.17, 15) is 9.90 Å². The molecule has 1 aromatic carbocycles. The number of hydrogen-bond donors (Lipinski definition) is 1. The number of nitrogens with zero attached hydrogens (tertiary/aromatic N) is 1. The fourth-order valence-electron chi connectivity index (χ4n) is 3.19. The largest absolute Gasteiger partial charge is 0.480 e. The van der Waals surface area contributed by atoms with Crippen LogP contribution in [0.2, 0.25) is 0 Å². The number of aliphatic carboxylic acids is 1. The van der Waals surface area contributed by atoms with Gasteiger partial charge in [0.2, 0.25) is 0 Å². The summed E-state index contributed by atoms with van der Waals surface area (Å²) in [6.45, 7) is 1.89. The van der Waals surface area contributed by atoms with Crippen LogP contribution in [0.3, 0.4) is 0 Å². The molecule has 0 amide bonds. The predicted molar refractivity (Wildman–Crippen MR) is 77.2 cm³/mol. The monoisotopic (exact) mass is 323 g/mol. The summed E-state index contributed by atoms with van der Waals surface area (Å²) in [5.74, 6) is 0.614. The van der Waals surface area contributed by atoms with Crippen molar-refractivity contribution in [3.05, 3.63) is 34.3 Å². The van der Waals surface area contributed by atoms with Gasteiger partial charge in [0.05, 0.1) is 0 Å². The van der Waals surface area contributed by atoms with Gasteiger partial charge >= 0.3 is 5.97 Å². The summed E-state index contributed by atoms with van der Waals surface area (Å²) in [7, 11) is 0. The molecule has 1 saturated carbocycles. The second-order valence-corrected chi connectivity index (χ2v) is 6.56. The fraction of sp³-hybridized carbons (Fsp3) is 0.533. The summed E-state index contributed by atoms with van der Waals surface area (Å²) in [6, 6.07) is 8.27. The van der Waals surface area contributed by atoms with Crippen LogP contribution in [0.1, 0.15) is 30.7 Å². The second kappa shape index (κ2) is 5.25. The van der Waals surface area contributed by atoms with Gasteiger partial charge in [-0.25, -0.2) is 0 Å². The van der Waals surface area contributed by atoms with Crippen LogP contribution in [0.4, 0.5) is 0 Å². The Morgan fingerprint density at radius 3 is 2.79 bits per heavy atom. The van der Waals surface area contributed by atoms with E-state index in [4.69, 9.17) is 0 Å². The molecular weight excluding hydrogens is 306 g/mol. The summed E-state index contributed by atoms with van der Waals surface area (Å²) in [6.07, 6.45) is 3.03. The fourth-order valence-corrected chi connectivity index (χ4v) is 3.46. The Morgan fingerprint density at radius 2 is 2.11 bits per heavy atom. The lowest BCUT2D eigenvalue weighted by atomic mass is 10.1. The van der Waals surface area contributed by atoms with Gasteiger partial charge in [0.1, 0.15) is 6.04 Å². The first-order chi connectivity index (χ1) is 9.15. The number of halogens is 1. The molecule has 3 atom stereocenters. The molecule has 0 bridgehead atoms. The molecule has 1 heterocycles. The van der Waals surface area contributed by atoms with Crippen LogP contribution in [0.5, 0.6) is 0 Å². The molecule has 0 unspecified atom stereocenters. The summed E-state index contributed by atoms with van der Waals surface area (Å²) < 4.78 is 1.11. The van der Waals surface area contributed by atoms with Gasteiger partial charge in [-0.15, -0.1) is 0 Å². The molecule has 1 saturated heterocycles. The predicted octanol–water partition coefficient (Wildman–Crippen LogP) is 3.10. The van der Waals surface area contributed by atoms with Crippen molar-refractivity contribution in [2.45, 2.75) is 31.2 Å². The maximum absolute atomic E-state index is 11.2. The first kappa shape index (κ1) is 13.1. The van der Waals surface area contributed by atoms with Gasteiger partial charge in [-0.2, -0.15) is 0 Å². The van der Waals surface area contributed by atoms with Gasteiger partial charge in [0.15, 0.2) is 0 Å². The van der Waals surface area contributed by atoms with Crippen LogP contribution in [-0.4, -0.2) is 35.1 Å². The van der Waals surface area contributed by atoms with Gasteiger partial charge in [-0.1, -0.05) is 28.1 Å². The van der Waals surface area contributed by atoms with Gasteiger partial charge in [-0.3, -0.25) is 9.69 Å². The zero-order valence-corrected chi connectivity index (χ0v) is 12.3. The third-order valence-corrected chi connectivity index (χ3v) is 4.87. The van der Waals surface area contributed by atoms with Crippen LogP contribution in [0.15, 0.2) is 28.7 Å². The molecular formula is C15H18BrNO2. The van der Waals surface area contributed by atoms with E-state index in [1.807, 2.05) is 0 Å². The van der Waals surface area contributed by atoms with Crippen molar-refractivity contribution in [3.63, 3.8) is 0 Å². The minimum absolute atomic E-state index is 0.244. The minimum Gasteiger partial charge on any atom is -0.480 e. The molecule has 3 rings (SSSR count). The lowest BCUT2D eigenvalue weighted by Gasteiger charge is -2.20. The van der Waals surface area contributed by atoms with Crippen LogP contribution in [0, 0.1) is 5.92 Å². The Morgan fingerprint density at radius 1 is 1.37 bits per heavy atom. The molecule has 1 aromatic rings. The molecule has 4 heteroatoms. The molecule has 1 N–H and O–H groups in total. The molecule has 0 spiro atoms. The molecule has 2 aliphatic rings. The van der Waals surface area contributed by atoms with Gasteiger partial charge in [0, 0.05) is 11.0 Å². The summed E-state index contributed by atoms with van der Waals surface area (Å²) in [5.41, 5.74) is 1.39. The Hall–Kier alpha value is -0.870. The van der Waals surface area contributed by atoms with Crippen molar-refractivity contribution in [1.29, 1.82) is 0 Å². The number of likely N-dealkylation sites (tertiary alicyclic amines) is 1. The molecule has 19 heavy (non-hydrogen) atoms. The van der Waals surface area contributed by atoms with E-state index in [1.54, 1.807) is 0 Å². The molecule has 3 nitrogen and oxygen atoms in total. The maximum atomic E-state index is 11.2. The number of carboxylic acids is 1. The molecule has 2 fully saturated rings. The van der Waals surface area contributed by atoms with E-state index in [1.165, 1.54) is 12.0 Å². The van der Waals surface area contributed by atoms with Crippen molar-refractivity contribution in [2.75, 3.05) is 13.1 Å². The number of benzene rings is 1. The highest BCUT2D eigenvalue weighted by Gasteiger charge is 2.42. The lowest BCUT2D eigenvalue weighted by Crippen LogP contribution is -2.37. The van der Waals surface area contributed by atoms with E-state index in [2.05, 4.69) is 45.1 Å². The number of carbonyl (C=O) groups is 1. The molecule has 0 aromatic heterocycles. The van der Waals surface area contributed by atoms with E-state index in [0.29, 0.717) is 11.8 Å². The Labute approximate surface area is 121 Å². The third kappa shape index (κ3) is 2.84. The average Bonchev–Trinajstić information content (AvgIpc) is 2.97. The maximum Gasteiger partial charge on any atom is 0.320 e. The highest BCUT2D eigenvalue weighted by molar-refractivity contribution is 9.10. The first-order valence-electron chi connectivity index (χ1n) is 6.87. The van der Waals surface area contributed by atoms with Crippen molar-refractivity contribution < 1.29 is 9.90 Å². The van der Waals surface area contributed by atoms with E-state index in [0.717, 1.165) is 30.4 Å². The molecule has 0 radical (unpaired) electrons. The summed E-state index contributed by atoms with van der Waals surface area (Å²) in [5, 5.41) is 9.18. The molecule has 1 aliphatic heterocycles. The standard InChI is InChI=1S/C15H18BrNO2/c16-12-5-3-10(4-6-12)13-8-11(13)9-17-7-1-2-14(17)15(18)19/h3-6,11,13-14H,1-2,7-9H2,(H,18,19)/t11-,13-,14-/m0/s1. The van der Waals surface area contributed by atoms with Gasteiger partial charge in [0.25, 0.3) is 0 Å². The average molecular weight is 324 g/mol. The Bertz CT molecular complexity index is 474. The van der Waals surface area contributed by atoms with Crippen molar-refractivity contribution in [2.24, 2.45) is 5.92 Å². The normalized spacial score (nSPS) is 30.5. The van der Waals surface area contributed by atoms with Gasteiger partial charge in [-0.05, 0) is 55.3 Å². The van der Waals surface area contributed by atoms with Crippen LogP contribution in [-0.2, 0) is 4.79 Å². The van der Waals surface area contributed by atoms with E-state index < -0.39 is 5.97 Å². The molecule has 1 aliphatic carbocycles. The van der Waals surface area contributed by atoms with Crippen molar-refractivity contribution in [3.8, 4) is 0 Å². The number of carboxylic acid groups (broad SMARTS) is 1. The lowest BCUT2D eigenvalue weighted by molar-refractivity contribution is -0.142. The Balaban J connectivity index is 1.58. The highest BCUT2D eigenvalue weighted by Crippen LogP contribution is 2.48. The summed E-state index contributed by atoms with van der Waals surface area (Å²) >= 11 is 3.45. The molecule has 102 valence electrons. The highest BCUT2D eigenvalue weighted by atomic mass is 79.9. The zero-order chi connectivity index (χ0) is 13.4. The number of rotatable bonds is 4. The van der Waals surface area contributed by atoms with Crippen LogP contribution < -0.4 is 0 Å². The summed E-state index contributed by atoms with van der Waals surface area (Å²) in [4.78, 5) is 13.3. The zero-order valence-electron chi connectivity index (χ0n) is 10.8. The SMILES string of the molecule is O=C(O)[C@@H]1CCCN1C[C@@H]1C[C@H]1c1ccc(Br)cc1. The second-order valence-electron chi connectivity index (χ2n) is 5.65. The van der Waals surface area contributed by atoms with Crippen molar-refractivity contribution in [1.82, 2.24) is 4.90 Å².